The normalized spacial score (nSPS) is 23.3. The van der Waals surface area contributed by atoms with E-state index in [1.807, 2.05) is 36.4 Å². The lowest BCUT2D eigenvalue weighted by molar-refractivity contribution is -0.123. The lowest BCUT2D eigenvalue weighted by Gasteiger charge is -2.40. The van der Waals surface area contributed by atoms with E-state index >= 15 is 8.78 Å². The maximum absolute atomic E-state index is 16.1. The van der Waals surface area contributed by atoms with E-state index in [1.165, 1.54) is 6.07 Å². The van der Waals surface area contributed by atoms with Crippen LogP contribution in [0, 0.1) is 17.6 Å². The molecule has 55 heavy (non-hydrogen) atoms. The molecule has 0 radical (unpaired) electrons. The summed E-state index contributed by atoms with van der Waals surface area (Å²) in [5.74, 6) is 0.452. The van der Waals surface area contributed by atoms with Gasteiger partial charge in [-0.05, 0) is 72.2 Å². The van der Waals surface area contributed by atoms with E-state index < -0.39 is 0 Å². The highest BCUT2D eigenvalue weighted by Crippen LogP contribution is 2.47. The Morgan fingerprint density at radius 3 is 2.29 bits per heavy atom. The summed E-state index contributed by atoms with van der Waals surface area (Å²) in [7, 11) is 0. The zero-order valence-corrected chi connectivity index (χ0v) is 30.9. The van der Waals surface area contributed by atoms with Gasteiger partial charge in [0.1, 0.15) is 23.1 Å². The Morgan fingerprint density at radius 1 is 0.782 bits per heavy atom. The Kier molecular flexibility index (Phi) is 9.58. The third-order valence-electron chi connectivity index (χ3n) is 12.6. The Hall–Kier alpha value is -5.16. The number of benzene rings is 4. The fourth-order valence-electron chi connectivity index (χ4n) is 9.53. The fraction of sp³-hybridized carbons (Fsp3) is 0.409. The molecule has 5 aliphatic heterocycles. The monoisotopic (exact) mass is 747 g/mol. The largest absolute Gasteiger partial charge is 0.508 e. The number of piperazine rings is 1. The van der Waals surface area contributed by atoms with Crippen LogP contribution in [0.2, 0.25) is 0 Å². The molecule has 0 unspecified atom stereocenters. The molecular weight excluding hydrogens is 701 g/mol. The van der Waals surface area contributed by atoms with E-state index in [0.29, 0.717) is 74.2 Å². The molecule has 3 atom stereocenters. The Balaban J connectivity index is 0.803. The van der Waals surface area contributed by atoms with Gasteiger partial charge in [-0.2, -0.15) is 0 Å². The summed E-state index contributed by atoms with van der Waals surface area (Å²) in [5.41, 5.74) is 5.45. The van der Waals surface area contributed by atoms with Crippen LogP contribution in [0.25, 0.3) is 0 Å². The molecule has 0 aliphatic carbocycles. The fourth-order valence-corrected chi connectivity index (χ4v) is 9.53. The van der Waals surface area contributed by atoms with E-state index in [4.69, 9.17) is 4.74 Å². The minimum atomic E-state index is -0.360. The predicted molar refractivity (Wildman–Crippen MR) is 207 cm³/mol. The highest BCUT2D eigenvalue weighted by molar-refractivity contribution is 5.99. The molecule has 4 aromatic carbocycles. The maximum Gasteiger partial charge on any atom is 0.254 e. The number of piperidine rings is 2. The van der Waals surface area contributed by atoms with Crippen molar-refractivity contribution in [1.29, 1.82) is 0 Å². The van der Waals surface area contributed by atoms with E-state index in [-0.39, 0.29) is 47.1 Å². The van der Waals surface area contributed by atoms with Gasteiger partial charge in [0, 0.05) is 94.4 Å². The first kappa shape index (κ1) is 35.5. The van der Waals surface area contributed by atoms with Gasteiger partial charge in [-0.3, -0.25) is 14.5 Å². The highest BCUT2D eigenvalue weighted by Gasteiger charge is 2.37. The van der Waals surface area contributed by atoms with Crippen molar-refractivity contribution >= 4 is 23.2 Å². The Labute approximate surface area is 320 Å². The second-order valence-electron chi connectivity index (χ2n) is 15.8. The number of carbonyl (C=O) groups excluding carboxylic acids is 2. The molecular formula is C44H47F2N5O4. The van der Waals surface area contributed by atoms with Crippen LogP contribution < -0.4 is 19.9 Å². The molecule has 0 bridgehead atoms. The Morgan fingerprint density at radius 2 is 1.55 bits per heavy atom. The number of fused-ring (bicyclic) bond motifs is 2. The number of anilines is 2. The number of rotatable bonds is 7. The number of carbonyl (C=O) groups is 2. The first-order valence-corrected chi connectivity index (χ1v) is 19.7. The summed E-state index contributed by atoms with van der Waals surface area (Å²) in [6.45, 7) is 6.95. The predicted octanol–water partition coefficient (Wildman–Crippen LogP) is 6.25. The summed E-state index contributed by atoms with van der Waals surface area (Å²) >= 11 is 0. The van der Waals surface area contributed by atoms with Crippen LogP contribution in [0.15, 0.2) is 78.9 Å². The highest BCUT2D eigenvalue weighted by atomic mass is 19.1. The van der Waals surface area contributed by atoms with Gasteiger partial charge in [0.15, 0.2) is 0 Å². The van der Waals surface area contributed by atoms with Crippen molar-refractivity contribution in [3.63, 3.8) is 0 Å². The minimum Gasteiger partial charge on any atom is -0.508 e. The molecule has 0 aromatic heterocycles. The number of phenols is 1. The van der Waals surface area contributed by atoms with Gasteiger partial charge < -0.3 is 29.9 Å². The van der Waals surface area contributed by atoms with E-state index in [0.717, 1.165) is 67.8 Å². The number of ether oxygens (including phenoxy) is 1. The summed E-state index contributed by atoms with van der Waals surface area (Å²) < 4.78 is 37.6. The van der Waals surface area contributed by atoms with Crippen LogP contribution in [0.4, 0.5) is 20.2 Å². The molecule has 5 aliphatic rings. The van der Waals surface area contributed by atoms with Gasteiger partial charge in [0.25, 0.3) is 5.91 Å². The Bertz CT molecular complexity index is 2070. The maximum atomic E-state index is 16.1. The second kappa shape index (κ2) is 14.8. The van der Waals surface area contributed by atoms with Crippen molar-refractivity contribution in [3.05, 3.63) is 118 Å². The molecule has 9 nitrogen and oxygen atoms in total. The standard InChI is InChI=1S/C44H47F2N5O4/c45-37-20-30(43-34-9-8-33(52)22-41(34)55-27-36(43)29-4-2-1-3-5-29)6-10-39(37)49-14-12-28(13-15-49)25-48-16-18-50(19-17-48)40-21-31-26-51(32-7-11-42(53)47-24-32)44(54)35(31)23-38(40)46/h1-6,8-10,20-23,28,32,36,43,52H,7,11-19,24-27H2,(H,47,53)/t32-,36-,43-/m1/s1. The second-order valence-corrected chi connectivity index (χ2v) is 15.8. The van der Waals surface area contributed by atoms with Gasteiger partial charge in [-0.15, -0.1) is 0 Å². The van der Waals surface area contributed by atoms with Crippen molar-refractivity contribution in [3.8, 4) is 11.5 Å². The molecule has 4 aromatic rings. The quantitative estimate of drug-likeness (QED) is 0.231. The molecule has 0 spiro atoms. The molecule has 9 rings (SSSR count). The van der Waals surface area contributed by atoms with Crippen LogP contribution in [0.5, 0.6) is 11.5 Å². The van der Waals surface area contributed by atoms with Crippen molar-refractivity contribution in [2.24, 2.45) is 5.92 Å². The molecule has 2 amide bonds. The summed E-state index contributed by atoms with van der Waals surface area (Å²) in [6.07, 6.45) is 2.98. The zero-order valence-electron chi connectivity index (χ0n) is 30.9. The molecule has 11 heteroatoms. The molecule has 5 heterocycles. The molecule has 2 N–H and O–H groups in total. The number of hydrogen-bond donors (Lipinski definition) is 2. The molecule has 286 valence electrons. The van der Waals surface area contributed by atoms with Crippen molar-refractivity contribution in [1.82, 2.24) is 15.1 Å². The number of nitrogens with one attached hydrogen (secondary N) is 1. The SMILES string of the molecule is O=C1CC[C@@H](N2Cc3cc(N4CCN(CC5CCN(c6ccc([C@@H]7c8ccc(O)cc8OC[C@@H]7c7ccccc7)cc6F)CC5)CC4)c(F)cc3C2=O)CN1. The van der Waals surface area contributed by atoms with Crippen molar-refractivity contribution in [2.45, 2.75) is 50.1 Å². The van der Waals surface area contributed by atoms with Gasteiger partial charge >= 0.3 is 0 Å². The number of halogens is 2. The van der Waals surface area contributed by atoms with E-state index in [1.54, 1.807) is 23.1 Å². The molecule has 0 saturated carbocycles. The van der Waals surface area contributed by atoms with Gasteiger partial charge in [0.2, 0.25) is 5.91 Å². The lowest BCUT2D eigenvalue weighted by Crippen LogP contribution is -2.49. The average molecular weight is 748 g/mol. The topological polar surface area (TPSA) is 88.6 Å². The lowest BCUT2D eigenvalue weighted by atomic mass is 9.76. The molecule has 3 saturated heterocycles. The van der Waals surface area contributed by atoms with Gasteiger partial charge in [-0.25, -0.2) is 8.78 Å². The van der Waals surface area contributed by atoms with Crippen molar-refractivity contribution in [2.75, 3.05) is 68.8 Å². The first-order chi connectivity index (χ1) is 26.8. The van der Waals surface area contributed by atoms with Crippen LogP contribution in [0.1, 0.15) is 70.1 Å². The first-order valence-electron chi connectivity index (χ1n) is 19.7. The third kappa shape index (κ3) is 6.99. The van der Waals surface area contributed by atoms with Crippen LogP contribution in [-0.2, 0) is 11.3 Å². The number of nitrogens with zero attached hydrogens (tertiary/aromatic N) is 4. The average Bonchev–Trinajstić information content (AvgIpc) is 3.52. The number of amides is 2. The van der Waals surface area contributed by atoms with Crippen LogP contribution in [-0.4, -0.2) is 91.7 Å². The van der Waals surface area contributed by atoms with E-state index in [2.05, 4.69) is 38.2 Å². The summed E-state index contributed by atoms with van der Waals surface area (Å²) in [5, 5.41) is 13.0. The van der Waals surface area contributed by atoms with Gasteiger partial charge in [-0.1, -0.05) is 42.5 Å². The summed E-state index contributed by atoms with van der Waals surface area (Å²) in [4.78, 5) is 33.3. The van der Waals surface area contributed by atoms with Crippen LogP contribution >= 0.6 is 0 Å². The summed E-state index contributed by atoms with van der Waals surface area (Å²) in [6, 6.07) is 24.3. The zero-order chi connectivity index (χ0) is 37.6. The van der Waals surface area contributed by atoms with E-state index in [9.17, 15) is 14.7 Å². The molecule has 3 fully saturated rings. The smallest absolute Gasteiger partial charge is 0.254 e. The number of hydrogen-bond acceptors (Lipinski definition) is 7. The van der Waals surface area contributed by atoms with Gasteiger partial charge in [0.05, 0.1) is 24.0 Å². The van der Waals surface area contributed by atoms with Crippen LogP contribution in [0.3, 0.4) is 0 Å². The number of aromatic hydroxyl groups is 1. The minimum absolute atomic E-state index is 0.00368. The third-order valence-corrected chi connectivity index (χ3v) is 12.6. The number of phenolic OH excluding ortho intramolecular Hbond substituents is 1. The van der Waals surface area contributed by atoms with Crippen molar-refractivity contribution < 1.29 is 28.2 Å².